The van der Waals surface area contributed by atoms with E-state index < -0.39 is 0 Å². The summed E-state index contributed by atoms with van der Waals surface area (Å²) in [7, 11) is 0. The Morgan fingerprint density at radius 3 is 2.73 bits per heavy atom. The van der Waals surface area contributed by atoms with Gasteiger partial charge in [0.05, 0.1) is 13.2 Å². The molecule has 1 N–H and O–H groups in total. The van der Waals surface area contributed by atoms with E-state index in [0.29, 0.717) is 12.5 Å². The van der Waals surface area contributed by atoms with E-state index >= 15 is 0 Å². The highest BCUT2D eigenvalue weighted by molar-refractivity contribution is 5.19. The lowest BCUT2D eigenvalue weighted by molar-refractivity contribution is 0.234. The number of hydrogen-bond donors (Lipinski definition) is 1. The van der Waals surface area contributed by atoms with Crippen molar-refractivity contribution in [3.8, 4) is 5.88 Å². The molecule has 0 atom stereocenters. The third kappa shape index (κ3) is 4.79. The molecule has 3 nitrogen and oxygen atoms in total. The van der Waals surface area contributed by atoms with Gasteiger partial charge in [0.1, 0.15) is 0 Å². The Morgan fingerprint density at radius 1 is 1.40 bits per heavy atom. The maximum Gasteiger partial charge on any atom is 0.213 e. The molecule has 0 aliphatic rings. The first kappa shape index (κ1) is 12.0. The molecule has 0 fully saturated rings. The molecule has 84 valence electrons. The van der Waals surface area contributed by atoms with Crippen LogP contribution in [-0.4, -0.2) is 16.7 Å². The highest BCUT2D eigenvalue weighted by Gasteiger charge is 2.10. The van der Waals surface area contributed by atoms with Crippen LogP contribution in [0.2, 0.25) is 0 Å². The molecule has 0 radical (unpaired) electrons. The predicted molar refractivity (Wildman–Crippen MR) is 59.7 cm³/mol. The van der Waals surface area contributed by atoms with Gasteiger partial charge in [-0.05, 0) is 23.5 Å². The molecule has 0 bridgehead atoms. The number of aliphatic hydroxyl groups is 1. The first-order valence-electron chi connectivity index (χ1n) is 5.20. The zero-order chi connectivity index (χ0) is 11.3. The summed E-state index contributed by atoms with van der Waals surface area (Å²) in [5.74, 6) is 0.589. The molecule has 0 amide bonds. The summed E-state index contributed by atoms with van der Waals surface area (Å²) >= 11 is 0. The molecule has 0 aliphatic carbocycles. The van der Waals surface area contributed by atoms with Gasteiger partial charge in [-0.1, -0.05) is 20.8 Å². The van der Waals surface area contributed by atoms with Gasteiger partial charge < -0.3 is 9.84 Å². The normalized spacial score (nSPS) is 11.5. The third-order valence-electron chi connectivity index (χ3n) is 2.08. The van der Waals surface area contributed by atoms with E-state index in [0.717, 1.165) is 12.0 Å². The van der Waals surface area contributed by atoms with Crippen molar-refractivity contribution >= 4 is 0 Å². The third-order valence-corrected chi connectivity index (χ3v) is 2.08. The van der Waals surface area contributed by atoms with Crippen LogP contribution in [0.3, 0.4) is 0 Å². The van der Waals surface area contributed by atoms with Crippen LogP contribution in [0.15, 0.2) is 18.3 Å². The van der Waals surface area contributed by atoms with Gasteiger partial charge in [-0.2, -0.15) is 0 Å². The van der Waals surface area contributed by atoms with E-state index in [1.165, 1.54) is 0 Å². The monoisotopic (exact) mass is 209 g/mol. The van der Waals surface area contributed by atoms with Gasteiger partial charge in [0.15, 0.2) is 0 Å². The zero-order valence-electron chi connectivity index (χ0n) is 9.66. The van der Waals surface area contributed by atoms with E-state index in [2.05, 4.69) is 25.8 Å². The van der Waals surface area contributed by atoms with Crippen LogP contribution in [0.4, 0.5) is 0 Å². The van der Waals surface area contributed by atoms with Crippen LogP contribution < -0.4 is 4.74 Å². The maximum absolute atomic E-state index is 8.93. The Kier molecular flexibility index (Phi) is 4.09. The standard InChI is InChI=1S/C12H19NO2/c1-12(2,3)5-7-15-11-8-10(9-14)4-6-13-11/h4,6,8,14H,5,7,9H2,1-3H3. The summed E-state index contributed by atoms with van der Waals surface area (Å²) in [5, 5.41) is 8.93. The van der Waals surface area contributed by atoms with Gasteiger partial charge in [-0.25, -0.2) is 4.98 Å². The Labute approximate surface area is 91.1 Å². The van der Waals surface area contributed by atoms with E-state index in [-0.39, 0.29) is 12.0 Å². The molecular weight excluding hydrogens is 190 g/mol. The molecule has 0 unspecified atom stereocenters. The number of hydrogen-bond acceptors (Lipinski definition) is 3. The first-order valence-corrected chi connectivity index (χ1v) is 5.20. The average Bonchev–Trinajstić information content (AvgIpc) is 2.16. The number of aromatic nitrogens is 1. The van der Waals surface area contributed by atoms with Crippen LogP contribution in [0, 0.1) is 5.41 Å². The van der Waals surface area contributed by atoms with E-state index in [1.54, 1.807) is 18.3 Å². The molecule has 0 spiro atoms. The van der Waals surface area contributed by atoms with Crippen LogP contribution in [0.25, 0.3) is 0 Å². The van der Waals surface area contributed by atoms with Crippen molar-refractivity contribution in [3.63, 3.8) is 0 Å². The summed E-state index contributed by atoms with van der Waals surface area (Å²) in [5.41, 5.74) is 1.10. The fourth-order valence-electron chi connectivity index (χ4n) is 1.09. The van der Waals surface area contributed by atoms with Gasteiger partial charge in [0.25, 0.3) is 0 Å². The molecule has 1 heterocycles. The summed E-state index contributed by atoms with van der Waals surface area (Å²) in [6.45, 7) is 7.21. The van der Waals surface area contributed by atoms with Gasteiger partial charge in [-0.3, -0.25) is 0 Å². The molecule has 0 aromatic carbocycles. The molecule has 0 aliphatic heterocycles. The van der Waals surface area contributed by atoms with Crippen LogP contribution >= 0.6 is 0 Å². The summed E-state index contributed by atoms with van der Waals surface area (Å²) < 4.78 is 5.50. The van der Waals surface area contributed by atoms with Gasteiger partial charge >= 0.3 is 0 Å². The second kappa shape index (κ2) is 5.12. The summed E-state index contributed by atoms with van der Waals surface area (Å²) in [4.78, 5) is 4.07. The van der Waals surface area contributed by atoms with Gasteiger partial charge in [-0.15, -0.1) is 0 Å². The topological polar surface area (TPSA) is 42.4 Å². The van der Waals surface area contributed by atoms with Crippen molar-refractivity contribution in [1.29, 1.82) is 0 Å². The van der Waals surface area contributed by atoms with Crippen LogP contribution in [0.5, 0.6) is 5.88 Å². The number of aliphatic hydroxyl groups excluding tert-OH is 1. The lowest BCUT2D eigenvalue weighted by Gasteiger charge is -2.17. The summed E-state index contributed by atoms with van der Waals surface area (Å²) in [6, 6.07) is 3.54. The second-order valence-electron chi connectivity index (χ2n) is 4.82. The zero-order valence-corrected chi connectivity index (χ0v) is 9.66. The highest BCUT2D eigenvalue weighted by Crippen LogP contribution is 2.19. The number of nitrogens with zero attached hydrogens (tertiary/aromatic N) is 1. The number of ether oxygens (including phenoxy) is 1. The first-order chi connectivity index (χ1) is 7.01. The van der Waals surface area contributed by atoms with Crippen molar-refractivity contribution in [2.24, 2.45) is 5.41 Å². The number of rotatable bonds is 4. The fourth-order valence-corrected chi connectivity index (χ4v) is 1.09. The van der Waals surface area contributed by atoms with Crippen LogP contribution in [0.1, 0.15) is 32.8 Å². The van der Waals surface area contributed by atoms with E-state index in [9.17, 15) is 0 Å². The molecule has 1 aromatic heterocycles. The van der Waals surface area contributed by atoms with E-state index in [1.807, 2.05) is 0 Å². The lowest BCUT2D eigenvalue weighted by Crippen LogP contribution is -2.11. The second-order valence-corrected chi connectivity index (χ2v) is 4.82. The quantitative estimate of drug-likeness (QED) is 0.828. The van der Waals surface area contributed by atoms with Crippen molar-refractivity contribution in [2.75, 3.05) is 6.61 Å². The average molecular weight is 209 g/mol. The molecule has 3 heteroatoms. The Balaban J connectivity index is 2.44. The van der Waals surface area contributed by atoms with Crippen molar-refractivity contribution in [3.05, 3.63) is 23.9 Å². The fraction of sp³-hybridized carbons (Fsp3) is 0.583. The highest BCUT2D eigenvalue weighted by atomic mass is 16.5. The largest absolute Gasteiger partial charge is 0.478 e. The van der Waals surface area contributed by atoms with Crippen molar-refractivity contribution in [2.45, 2.75) is 33.8 Å². The molecular formula is C12H19NO2. The van der Waals surface area contributed by atoms with Gasteiger partial charge in [0.2, 0.25) is 5.88 Å². The Hall–Kier alpha value is -1.09. The molecule has 0 saturated carbocycles. The number of pyridine rings is 1. The maximum atomic E-state index is 8.93. The summed E-state index contributed by atoms with van der Waals surface area (Å²) in [6.07, 6.45) is 2.63. The Morgan fingerprint density at radius 2 is 2.13 bits per heavy atom. The van der Waals surface area contributed by atoms with Gasteiger partial charge in [0, 0.05) is 12.3 Å². The lowest BCUT2D eigenvalue weighted by atomic mass is 9.93. The van der Waals surface area contributed by atoms with Crippen molar-refractivity contribution in [1.82, 2.24) is 4.98 Å². The van der Waals surface area contributed by atoms with E-state index in [4.69, 9.17) is 9.84 Å². The van der Waals surface area contributed by atoms with Crippen LogP contribution in [-0.2, 0) is 6.61 Å². The predicted octanol–water partition coefficient (Wildman–Crippen LogP) is 2.39. The molecule has 1 aromatic rings. The molecule has 0 saturated heterocycles. The minimum absolute atomic E-state index is 0.0259. The minimum Gasteiger partial charge on any atom is -0.478 e. The molecule has 15 heavy (non-hydrogen) atoms. The smallest absolute Gasteiger partial charge is 0.213 e. The minimum atomic E-state index is 0.0259. The SMILES string of the molecule is CC(C)(C)CCOc1cc(CO)ccn1. The Bertz CT molecular complexity index is 305. The molecule has 1 rings (SSSR count). The van der Waals surface area contributed by atoms with Crippen molar-refractivity contribution < 1.29 is 9.84 Å².